The second-order valence-corrected chi connectivity index (χ2v) is 8.01. The van der Waals surface area contributed by atoms with Crippen molar-refractivity contribution >= 4 is 18.0 Å². The fraction of sp³-hybridized carbons (Fsp3) is 0.375. The van der Waals surface area contributed by atoms with Gasteiger partial charge in [0.1, 0.15) is 18.7 Å². The molecule has 7 nitrogen and oxygen atoms in total. The van der Waals surface area contributed by atoms with Gasteiger partial charge in [0, 0.05) is 19.5 Å². The molecule has 0 N–H and O–H groups in total. The third-order valence-electron chi connectivity index (χ3n) is 6.09. The van der Waals surface area contributed by atoms with E-state index in [-0.39, 0.29) is 19.1 Å². The highest BCUT2D eigenvalue weighted by atomic mass is 16.5. The standard InChI is InChI=1S/C24H26N2O5/c1-30-23(29)26-13-7-12-24(26)14-19-10-5-6-11-20(19)15-25(22(24)28)16-21(27)31-17-18-8-3-2-4-9-18/h2-6,8-11H,7,12-17H2,1H3. The number of likely N-dealkylation sites (tertiary alicyclic amines) is 1. The smallest absolute Gasteiger partial charge is 0.410 e. The van der Waals surface area contributed by atoms with Crippen molar-refractivity contribution in [2.75, 3.05) is 20.2 Å². The lowest BCUT2D eigenvalue weighted by Crippen LogP contribution is -2.59. The topological polar surface area (TPSA) is 76.2 Å². The van der Waals surface area contributed by atoms with E-state index < -0.39 is 17.6 Å². The maximum atomic E-state index is 13.7. The lowest BCUT2D eigenvalue weighted by atomic mass is 9.87. The van der Waals surface area contributed by atoms with Gasteiger partial charge < -0.3 is 14.4 Å². The second kappa shape index (κ2) is 8.79. The lowest BCUT2D eigenvalue weighted by Gasteiger charge is -2.38. The predicted octanol–water partition coefficient (Wildman–Crippen LogP) is 2.92. The highest BCUT2D eigenvalue weighted by molar-refractivity contribution is 5.93. The Morgan fingerprint density at radius 2 is 1.74 bits per heavy atom. The van der Waals surface area contributed by atoms with Gasteiger partial charge in [0.25, 0.3) is 0 Å². The number of benzene rings is 2. The molecule has 2 heterocycles. The molecule has 2 aromatic carbocycles. The molecule has 1 fully saturated rings. The number of hydrogen-bond acceptors (Lipinski definition) is 5. The second-order valence-electron chi connectivity index (χ2n) is 8.01. The molecule has 4 rings (SSSR count). The molecule has 1 atom stereocenters. The number of amides is 2. The average molecular weight is 422 g/mol. The average Bonchev–Trinajstić information content (AvgIpc) is 3.18. The SMILES string of the molecule is COC(=O)N1CCCC12Cc1ccccc1CN(CC(=O)OCc1ccccc1)C2=O. The summed E-state index contributed by atoms with van der Waals surface area (Å²) in [6.45, 7) is 0.730. The van der Waals surface area contributed by atoms with Crippen molar-refractivity contribution in [3.63, 3.8) is 0 Å². The number of ether oxygens (including phenoxy) is 2. The number of nitrogens with zero attached hydrogens (tertiary/aromatic N) is 2. The summed E-state index contributed by atoms with van der Waals surface area (Å²) in [4.78, 5) is 41.9. The Balaban J connectivity index is 1.59. The molecular formula is C24H26N2O5. The normalized spacial score (nSPS) is 20.4. The first-order valence-corrected chi connectivity index (χ1v) is 10.4. The molecule has 2 aliphatic rings. The summed E-state index contributed by atoms with van der Waals surface area (Å²) in [5, 5.41) is 0. The van der Waals surface area contributed by atoms with Crippen molar-refractivity contribution < 1.29 is 23.9 Å². The first-order valence-electron chi connectivity index (χ1n) is 10.4. The van der Waals surface area contributed by atoms with Gasteiger partial charge in [-0.25, -0.2) is 4.79 Å². The minimum Gasteiger partial charge on any atom is -0.459 e. The summed E-state index contributed by atoms with van der Waals surface area (Å²) in [7, 11) is 1.32. The molecule has 0 radical (unpaired) electrons. The van der Waals surface area contributed by atoms with Crippen LogP contribution in [-0.4, -0.2) is 53.5 Å². The Morgan fingerprint density at radius 1 is 1.03 bits per heavy atom. The molecule has 0 aromatic heterocycles. The number of carbonyl (C=O) groups is 3. The van der Waals surface area contributed by atoms with E-state index in [1.54, 1.807) is 0 Å². The number of fused-ring (bicyclic) bond motifs is 1. The van der Waals surface area contributed by atoms with E-state index in [2.05, 4.69) is 0 Å². The monoisotopic (exact) mass is 422 g/mol. The van der Waals surface area contributed by atoms with Crippen LogP contribution in [0.3, 0.4) is 0 Å². The summed E-state index contributed by atoms with van der Waals surface area (Å²) in [6.07, 6.45) is 1.13. The molecule has 0 saturated carbocycles. The zero-order valence-corrected chi connectivity index (χ0v) is 17.6. The predicted molar refractivity (Wildman–Crippen MR) is 113 cm³/mol. The number of methoxy groups -OCH3 is 1. The van der Waals surface area contributed by atoms with Gasteiger partial charge in [-0.1, -0.05) is 54.6 Å². The largest absolute Gasteiger partial charge is 0.459 e. The van der Waals surface area contributed by atoms with Crippen LogP contribution in [0.4, 0.5) is 4.79 Å². The van der Waals surface area contributed by atoms with Crippen molar-refractivity contribution in [3.05, 3.63) is 71.3 Å². The maximum absolute atomic E-state index is 13.7. The minimum absolute atomic E-state index is 0.151. The summed E-state index contributed by atoms with van der Waals surface area (Å²) >= 11 is 0. The van der Waals surface area contributed by atoms with Gasteiger partial charge in [-0.2, -0.15) is 0 Å². The molecule has 1 spiro atoms. The highest BCUT2D eigenvalue weighted by Crippen LogP contribution is 2.38. The van der Waals surface area contributed by atoms with E-state index in [9.17, 15) is 14.4 Å². The summed E-state index contributed by atoms with van der Waals surface area (Å²) < 4.78 is 10.4. The minimum atomic E-state index is -1.04. The van der Waals surface area contributed by atoms with E-state index in [1.807, 2.05) is 54.6 Å². The van der Waals surface area contributed by atoms with E-state index in [0.29, 0.717) is 32.4 Å². The van der Waals surface area contributed by atoms with Gasteiger partial charge in [0.2, 0.25) is 5.91 Å². The summed E-state index contributed by atoms with van der Waals surface area (Å²) in [5.41, 5.74) is 1.82. The van der Waals surface area contributed by atoms with Crippen LogP contribution in [0.5, 0.6) is 0 Å². The molecule has 2 aliphatic heterocycles. The van der Waals surface area contributed by atoms with E-state index >= 15 is 0 Å². The van der Waals surface area contributed by atoms with Gasteiger partial charge in [-0.05, 0) is 29.5 Å². The highest BCUT2D eigenvalue weighted by Gasteiger charge is 2.53. The van der Waals surface area contributed by atoms with Gasteiger partial charge in [-0.3, -0.25) is 14.5 Å². The molecule has 0 bridgehead atoms. The van der Waals surface area contributed by atoms with Crippen molar-refractivity contribution in [1.29, 1.82) is 0 Å². The van der Waals surface area contributed by atoms with Crippen LogP contribution in [0, 0.1) is 0 Å². The number of carbonyl (C=O) groups excluding carboxylic acids is 3. The van der Waals surface area contributed by atoms with Crippen LogP contribution in [0.25, 0.3) is 0 Å². The third-order valence-corrected chi connectivity index (χ3v) is 6.09. The molecule has 1 unspecified atom stereocenters. The fourth-order valence-electron chi connectivity index (χ4n) is 4.57. The Kier molecular flexibility index (Phi) is 5.93. The van der Waals surface area contributed by atoms with Crippen molar-refractivity contribution in [3.8, 4) is 0 Å². The molecular weight excluding hydrogens is 396 g/mol. The molecule has 1 saturated heterocycles. The van der Waals surface area contributed by atoms with Crippen LogP contribution < -0.4 is 0 Å². The van der Waals surface area contributed by atoms with Gasteiger partial charge in [0.15, 0.2) is 0 Å². The molecule has 162 valence electrons. The Bertz CT molecular complexity index is 977. The third kappa shape index (κ3) is 4.13. The van der Waals surface area contributed by atoms with Crippen molar-refractivity contribution in [2.45, 2.75) is 38.0 Å². The quantitative estimate of drug-likeness (QED) is 0.708. The zero-order chi connectivity index (χ0) is 21.8. The van der Waals surface area contributed by atoms with E-state index in [4.69, 9.17) is 9.47 Å². The Morgan fingerprint density at radius 3 is 2.48 bits per heavy atom. The van der Waals surface area contributed by atoms with Crippen molar-refractivity contribution in [2.24, 2.45) is 0 Å². The van der Waals surface area contributed by atoms with Crippen LogP contribution in [0.15, 0.2) is 54.6 Å². The number of esters is 1. The molecule has 2 aromatic rings. The lowest BCUT2D eigenvalue weighted by molar-refractivity contribution is -0.154. The number of rotatable bonds is 4. The van der Waals surface area contributed by atoms with Crippen molar-refractivity contribution in [1.82, 2.24) is 9.80 Å². The first-order chi connectivity index (χ1) is 15.0. The van der Waals surface area contributed by atoms with Gasteiger partial charge in [0.05, 0.1) is 7.11 Å². The van der Waals surface area contributed by atoms with Crippen LogP contribution in [-0.2, 0) is 38.6 Å². The summed E-state index contributed by atoms with van der Waals surface area (Å²) in [6, 6.07) is 17.2. The van der Waals surface area contributed by atoms with Gasteiger partial charge >= 0.3 is 12.1 Å². The van der Waals surface area contributed by atoms with Crippen LogP contribution in [0.2, 0.25) is 0 Å². The maximum Gasteiger partial charge on any atom is 0.410 e. The zero-order valence-electron chi connectivity index (χ0n) is 17.6. The van der Waals surface area contributed by atoms with Gasteiger partial charge in [-0.15, -0.1) is 0 Å². The molecule has 0 aliphatic carbocycles. The molecule has 2 amide bonds. The molecule has 7 heteroatoms. The molecule has 31 heavy (non-hydrogen) atoms. The van der Waals surface area contributed by atoms with Crippen LogP contribution in [0.1, 0.15) is 29.5 Å². The number of hydrogen-bond donors (Lipinski definition) is 0. The first kappa shape index (κ1) is 20.9. The Hall–Kier alpha value is -3.35. The van der Waals surface area contributed by atoms with Crippen LogP contribution >= 0.6 is 0 Å². The van der Waals surface area contributed by atoms with E-state index in [0.717, 1.165) is 16.7 Å². The Labute approximate surface area is 181 Å². The summed E-state index contributed by atoms with van der Waals surface area (Å²) in [5.74, 6) is -0.711. The van der Waals surface area contributed by atoms with E-state index in [1.165, 1.54) is 16.9 Å². The fourth-order valence-corrected chi connectivity index (χ4v) is 4.57.